The third-order valence-electron chi connectivity index (χ3n) is 4.67. The number of rotatable bonds is 8. The van der Waals surface area contributed by atoms with Crippen LogP contribution in [0.3, 0.4) is 0 Å². The molecular formula is C19H34IN5O2. The number of nitrogens with one attached hydrogen (secondary N) is 1. The van der Waals surface area contributed by atoms with Crippen molar-refractivity contribution in [3.63, 3.8) is 0 Å². The van der Waals surface area contributed by atoms with Gasteiger partial charge in [-0.25, -0.2) is 0 Å². The van der Waals surface area contributed by atoms with Gasteiger partial charge in [-0.05, 0) is 19.2 Å². The van der Waals surface area contributed by atoms with Gasteiger partial charge in [0.15, 0.2) is 5.96 Å². The second-order valence-corrected chi connectivity index (χ2v) is 6.42. The lowest BCUT2D eigenvalue weighted by Gasteiger charge is -2.38. The Morgan fingerprint density at radius 1 is 1.15 bits per heavy atom. The third-order valence-corrected chi connectivity index (χ3v) is 4.67. The molecule has 0 atom stereocenters. The van der Waals surface area contributed by atoms with Crippen LogP contribution in [0.15, 0.2) is 29.3 Å². The first-order chi connectivity index (χ1) is 12.7. The van der Waals surface area contributed by atoms with Crippen molar-refractivity contribution in [1.82, 2.24) is 15.1 Å². The molecule has 0 unspecified atom stereocenters. The van der Waals surface area contributed by atoms with Crippen molar-refractivity contribution in [2.24, 2.45) is 4.99 Å². The molecule has 0 bridgehead atoms. The number of piperazine rings is 1. The monoisotopic (exact) mass is 491 g/mol. The lowest BCUT2D eigenvalue weighted by Crippen LogP contribution is -2.53. The van der Waals surface area contributed by atoms with Crippen LogP contribution in [-0.4, -0.2) is 96.5 Å². The molecule has 8 heteroatoms. The van der Waals surface area contributed by atoms with Gasteiger partial charge < -0.3 is 29.5 Å². The van der Waals surface area contributed by atoms with Crippen molar-refractivity contribution in [1.29, 1.82) is 0 Å². The van der Waals surface area contributed by atoms with Gasteiger partial charge in [0.1, 0.15) is 5.75 Å². The standard InChI is InChI=1S/C19H33N5O2.HI/c1-20-19(21-9-10-22(2)15-16-25-3)24-13-11-23(12-14-24)17-7-5-6-8-18(17)26-4;/h5-8H,9-16H2,1-4H3,(H,20,21);1H. The summed E-state index contributed by atoms with van der Waals surface area (Å²) in [6, 6.07) is 8.21. The summed E-state index contributed by atoms with van der Waals surface area (Å²) in [5, 5.41) is 3.47. The average Bonchev–Trinajstić information content (AvgIpc) is 2.70. The van der Waals surface area contributed by atoms with E-state index in [-0.39, 0.29) is 24.0 Å². The first kappa shape index (κ1) is 23.8. The Morgan fingerprint density at radius 2 is 1.85 bits per heavy atom. The molecule has 0 aromatic heterocycles. The molecule has 7 nitrogen and oxygen atoms in total. The van der Waals surface area contributed by atoms with Crippen molar-refractivity contribution >= 4 is 35.6 Å². The summed E-state index contributed by atoms with van der Waals surface area (Å²) in [5.74, 6) is 1.91. The molecule has 1 heterocycles. The molecule has 1 aromatic carbocycles. The fourth-order valence-electron chi connectivity index (χ4n) is 3.10. The second-order valence-electron chi connectivity index (χ2n) is 6.42. The Bertz CT molecular complexity index is 565. The molecule has 154 valence electrons. The topological polar surface area (TPSA) is 52.6 Å². The van der Waals surface area contributed by atoms with Crippen LogP contribution in [0.4, 0.5) is 5.69 Å². The average molecular weight is 491 g/mol. The van der Waals surface area contributed by atoms with E-state index < -0.39 is 0 Å². The summed E-state index contributed by atoms with van der Waals surface area (Å²) >= 11 is 0. The highest BCUT2D eigenvalue weighted by Crippen LogP contribution is 2.28. The van der Waals surface area contributed by atoms with Gasteiger partial charge in [0.25, 0.3) is 0 Å². The minimum Gasteiger partial charge on any atom is -0.495 e. The number of nitrogens with zero attached hydrogens (tertiary/aromatic N) is 4. The Balaban J connectivity index is 0.00000364. The van der Waals surface area contributed by atoms with E-state index in [0.717, 1.165) is 69.8 Å². The van der Waals surface area contributed by atoms with Crippen LogP contribution in [0, 0.1) is 0 Å². The molecule has 27 heavy (non-hydrogen) atoms. The molecule has 1 aromatic rings. The number of hydrogen-bond donors (Lipinski definition) is 1. The smallest absolute Gasteiger partial charge is 0.193 e. The molecule has 1 aliphatic heterocycles. The van der Waals surface area contributed by atoms with E-state index in [1.54, 1.807) is 14.2 Å². The first-order valence-electron chi connectivity index (χ1n) is 9.20. The molecular weight excluding hydrogens is 457 g/mol. The number of ether oxygens (including phenoxy) is 2. The summed E-state index contributed by atoms with van der Waals surface area (Å²) in [6.07, 6.45) is 0. The predicted octanol–water partition coefficient (Wildman–Crippen LogP) is 1.59. The second kappa shape index (κ2) is 13.0. The van der Waals surface area contributed by atoms with Crippen molar-refractivity contribution in [2.45, 2.75) is 0 Å². The van der Waals surface area contributed by atoms with E-state index in [4.69, 9.17) is 9.47 Å². The summed E-state index contributed by atoms with van der Waals surface area (Å²) in [4.78, 5) is 11.4. The van der Waals surface area contributed by atoms with E-state index in [2.05, 4.69) is 44.2 Å². The number of halogens is 1. The lowest BCUT2D eigenvalue weighted by atomic mass is 10.2. The molecule has 0 spiro atoms. The Hall–Kier alpha value is -1.26. The zero-order valence-electron chi connectivity index (χ0n) is 17.0. The predicted molar refractivity (Wildman–Crippen MR) is 123 cm³/mol. The number of guanidine groups is 1. The van der Waals surface area contributed by atoms with Crippen molar-refractivity contribution in [3.8, 4) is 5.75 Å². The largest absolute Gasteiger partial charge is 0.495 e. The molecule has 2 rings (SSSR count). The summed E-state index contributed by atoms with van der Waals surface area (Å²) < 4.78 is 10.6. The van der Waals surface area contributed by atoms with Crippen molar-refractivity contribution in [3.05, 3.63) is 24.3 Å². The molecule has 0 aliphatic carbocycles. The van der Waals surface area contributed by atoms with Crippen LogP contribution >= 0.6 is 24.0 Å². The van der Waals surface area contributed by atoms with Gasteiger partial charge in [0.2, 0.25) is 0 Å². The zero-order valence-corrected chi connectivity index (χ0v) is 19.3. The van der Waals surface area contributed by atoms with E-state index in [1.807, 2.05) is 19.2 Å². The van der Waals surface area contributed by atoms with Crippen molar-refractivity contribution in [2.75, 3.05) is 85.6 Å². The summed E-state index contributed by atoms with van der Waals surface area (Å²) in [5.41, 5.74) is 1.16. The molecule has 1 aliphatic rings. The van der Waals surface area contributed by atoms with Crippen LogP contribution in [0.2, 0.25) is 0 Å². The maximum absolute atomic E-state index is 5.49. The maximum atomic E-state index is 5.49. The molecule has 0 saturated carbocycles. The third kappa shape index (κ3) is 7.34. The minimum atomic E-state index is 0. The summed E-state index contributed by atoms with van der Waals surface area (Å²) in [6.45, 7) is 7.33. The van der Waals surface area contributed by atoms with E-state index in [0.29, 0.717) is 0 Å². The van der Waals surface area contributed by atoms with E-state index in [9.17, 15) is 0 Å². The van der Waals surface area contributed by atoms with Crippen LogP contribution in [0.5, 0.6) is 5.75 Å². The number of aliphatic imine (C=N–C) groups is 1. The van der Waals surface area contributed by atoms with Crippen LogP contribution in [0.25, 0.3) is 0 Å². The number of benzene rings is 1. The minimum absolute atomic E-state index is 0. The van der Waals surface area contributed by atoms with Gasteiger partial charge in [-0.15, -0.1) is 24.0 Å². The van der Waals surface area contributed by atoms with Gasteiger partial charge in [-0.2, -0.15) is 0 Å². The first-order valence-corrected chi connectivity index (χ1v) is 9.20. The van der Waals surface area contributed by atoms with Crippen LogP contribution in [-0.2, 0) is 4.74 Å². The normalized spacial score (nSPS) is 14.9. The Morgan fingerprint density at radius 3 is 2.48 bits per heavy atom. The zero-order chi connectivity index (χ0) is 18.8. The van der Waals surface area contributed by atoms with E-state index >= 15 is 0 Å². The van der Waals surface area contributed by atoms with Crippen LogP contribution in [0.1, 0.15) is 0 Å². The molecule has 1 fully saturated rings. The fourth-order valence-corrected chi connectivity index (χ4v) is 3.10. The fraction of sp³-hybridized carbons (Fsp3) is 0.632. The lowest BCUT2D eigenvalue weighted by molar-refractivity contribution is 0.162. The van der Waals surface area contributed by atoms with Gasteiger partial charge >= 0.3 is 0 Å². The number of hydrogen-bond acceptors (Lipinski definition) is 5. The molecule has 0 radical (unpaired) electrons. The Labute approximate surface area is 180 Å². The van der Waals surface area contributed by atoms with Gasteiger partial charge in [0.05, 0.1) is 19.4 Å². The number of anilines is 1. The SMILES string of the molecule is CN=C(NCCN(C)CCOC)N1CCN(c2ccccc2OC)CC1.I. The maximum Gasteiger partial charge on any atom is 0.193 e. The number of methoxy groups -OCH3 is 2. The highest BCUT2D eigenvalue weighted by molar-refractivity contribution is 14.0. The summed E-state index contributed by atoms with van der Waals surface area (Å²) in [7, 11) is 7.42. The van der Waals surface area contributed by atoms with Gasteiger partial charge in [-0.3, -0.25) is 4.99 Å². The highest BCUT2D eigenvalue weighted by atomic mass is 127. The van der Waals surface area contributed by atoms with E-state index in [1.165, 1.54) is 0 Å². The molecule has 1 N–H and O–H groups in total. The number of para-hydroxylation sites is 2. The van der Waals surface area contributed by atoms with Crippen molar-refractivity contribution < 1.29 is 9.47 Å². The Kier molecular flexibility index (Phi) is 11.5. The van der Waals surface area contributed by atoms with Crippen LogP contribution < -0.4 is 15.0 Å². The molecule has 0 amide bonds. The quantitative estimate of drug-likeness (QED) is 0.339. The molecule has 1 saturated heterocycles. The van der Waals surface area contributed by atoms with Gasteiger partial charge in [-0.1, -0.05) is 12.1 Å². The number of likely N-dealkylation sites (N-methyl/N-ethyl adjacent to an activating group) is 1. The highest BCUT2D eigenvalue weighted by Gasteiger charge is 2.21. The van der Waals surface area contributed by atoms with Gasteiger partial charge in [0, 0.05) is 60.0 Å².